The van der Waals surface area contributed by atoms with Gasteiger partial charge in [-0.05, 0) is 75.3 Å². The molecule has 2 N–H and O–H groups in total. The van der Waals surface area contributed by atoms with Crippen LogP contribution in [0.15, 0.2) is 78.9 Å². The molecule has 59 heavy (non-hydrogen) atoms. The first kappa shape index (κ1) is 40.1. The lowest BCUT2D eigenvalue weighted by Gasteiger charge is -2.32. The Morgan fingerprint density at radius 2 is 1.75 bits per heavy atom. The number of nitrogens with zero attached hydrogens (tertiary/aromatic N) is 4. The Morgan fingerprint density at radius 1 is 0.966 bits per heavy atom. The maximum Gasteiger partial charge on any atom is 0.321 e. The number of sulfonamides is 1. The Labute approximate surface area is 344 Å². The Morgan fingerprint density at radius 3 is 2.47 bits per heavy atom. The largest absolute Gasteiger partial charge is 0.497 e. The molecular formula is C44H50N6O8S. The molecule has 8 rings (SSSR count). The number of methoxy groups -OCH3 is 2. The summed E-state index contributed by atoms with van der Waals surface area (Å²) in [5.74, 6) is 0.374. The first-order valence-corrected chi connectivity index (χ1v) is 21.8. The van der Waals surface area contributed by atoms with Crippen molar-refractivity contribution in [1.29, 1.82) is 0 Å². The quantitative estimate of drug-likeness (QED) is 0.190. The molecule has 4 aromatic rings. The summed E-state index contributed by atoms with van der Waals surface area (Å²) in [5.41, 5.74) is 1.65. The van der Waals surface area contributed by atoms with Gasteiger partial charge >= 0.3 is 6.03 Å². The second kappa shape index (κ2) is 16.5. The average Bonchev–Trinajstić information content (AvgIpc) is 4.17. The molecule has 3 fully saturated rings. The van der Waals surface area contributed by atoms with Crippen LogP contribution in [-0.2, 0) is 26.2 Å². The summed E-state index contributed by atoms with van der Waals surface area (Å²) in [6, 6.07) is 19.4. The van der Waals surface area contributed by atoms with E-state index in [4.69, 9.17) is 24.2 Å². The van der Waals surface area contributed by atoms with Crippen molar-refractivity contribution in [3.05, 3.63) is 90.0 Å². The molecular weight excluding hydrogens is 773 g/mol. The van der Waals surface area contributed by atoms with Crippen LogP contribution in [0.2, 0.25) is 0 Å². The zero-order valence-electron chi connectivity index (χ0n) is 33.6. The van der Waals surface area contributed by atoms with E-state index in [0.717, 1.165) is 42.4 Å². The summed E-state index contributed by atoms with van der Waals surface area (Å²) in [4.78, 5) is 56.5. The number of urea groups is 1. The average molecular weight is 823 g/mol. The van der Waals surface area contributed by atoms with Crippen LogP contribution in [0.25, 0.3) is 22.3 Å². The van der Waals surface area contributed by atoms with Gasteiger partial charge in [0.1, 0.15) is 29.2 Å². The number of ether oxygens (including phenoxy) is 3. The maximum absolute atomic E-state index is 14.9. The van der Waals surface area contributed by atoms with Crippen LogP contribution < -0.4 is 24.2 Å². The predicted molar refractivity (Wildman–Crippen MR) is 221 cm³/mol. The number of benzene rings is 3. The van der Waals surface area contributed by atoms with Gasteiger partial charge < -0.3 is 29.3 Å². The molecule has 310 valence electrons. The standard InChI is InChI=1S/C44H50N6O8S/c1-28-37(57-3)22-21-35-38(28)45-39(30-12-8-7-9-13-30)46-41(35)58-33-24-36-40(51)47-44(42(52)48-59(54,55)34-19-20-34)25-31(44)14-10-5-4-6-11-23-49(43(53)50(36)27-33)26-29-15-17-32(56-2)18-16-29/h7-10,12-18,21-22,31,33-34,36H,4-6,11,19-20,23-27H2,1-3H3,(H,47,51)(H,48,52). The molecule has 14 nitrogen and oxygen atoms in total. The van der Waals surface area contributed by atoms with E-state index in [0.29, 0.717) is 60.0 Å². The SMILES string of the molecule is COc1ccc(CN2CCCCCC=CC3CC3(C(=O)NS(=O)(=O)C3CC3)NC(=O)C3CC(Oc4nc(-c5ccccc5)nc5c(C)c(OC)ccc45)CN3C2=O)cc1. The van der Waals surface area contributed by atoms with Crippen molar-refractivity contribution in [1.82, 2.24) is 29.8 Å². The fourth-order valence-electron chi connectivity index (χ4n) is 8.16. The number of aryl methyl sites for hydroxylation is 1. The number of fused-ring (bicyclic) bond motifs is 3. The summed E-state index contributed by atoms with van der Waals surface area (Å²) in [6.07, 6.45) is 7.73. The van der Waals surface area contributed by atoms with Gasteiger partial charge in [-0.25, -0.2) is 18.2 Å². The van der Waals surface area contributed by atoms with Gasteiger partial charge in [0.25, 0.3) is 5.91 Å². The Bertz CT molecular complexity index is 2370. The number of hydrogen-bond acceptors (Lipinski definition) is 10. The summed E-state index contributed by atoms with van der Waals surface area (Å²) >= 11 is 0. The summed E-state index contributed by atoms with van der Waals surface area (Å²) in [7, 11) is -0.684. The van der Waals surface area contributed by atoms with Gasteiger partial charge in [0.2, 0.25) is 21.8 Å². The van der Waals surface area contributed by atoms with E-state index < -0.39 is 50.7 Å². The second-order valence-electron chi connectivity index (χ2n) is 15.9. The number of rotatable bonds is 10. The van der Waals surface area contributed by atoms with Gasteiger partial charge in [-0.2, -0.15) is 4.98 Å². The van der Waals surface area contributed by atoms with Crippen LogP contribution in [0.1, 0.15) is 62.5 Å². The summed E-state index contributed by atoms with van der Waals surface area (Å²) in [6.45, 7) is 2.72. The molecule has 4 amide bonds. The molecule has 0 bridgehead atoms. The number of hydrogen-bond donors (Lipinski definition) is 2. The molecule has 4 atom stereocenters. The zero-order chi connectivity index (χ0) is 41.3. The van der Waals surface area contributed by atoms with Crippen molar-refractivity contribution in [3.8, 4) is 28.8 Å². The predicted octanol–water partition coefficient (Wildman–Crippen LogP) is 5.68. The van der Waals surface area contributed by atoms with Gasteiger partial charge in [-0.3, -0.25) is 14.3 Å². The normalized spacial score (nSPS) is 23.7. The fraction of sp³-hybridized carbons (Fsp3) is 0.432. The highest BCUT2D eigenvalue weighted by Gasteiger charge is 2.62. The lowest BCUT2D eigenvalue weighted by molar-refractivity contribution is -0.131. The van der Waals surface area contributed by atoms with Gasteiger partial charge in [0.15, 0.2) is 5.82 Å². The minimum absolute atomic E-state index is 0.0515. The van der Waals surface area contributed by atoms with Crippen LogP contribution in [0.5, 0.6) is 17.4 Å². The Hall–Kier alpha value is -5.70. The van der Waals surface area contributed by atoms with Gasteiger partial charge in [-0.15, -0.1) is 0 Å². The molecule has 0 spiro atoms. The molecule has 0 radical (unpaired) electrons. The van der Waals surface area contributed by atoms with Crippen molar-refractivity contribution >= 4 is 38.8 Å². The maximum atomic E-state index is 14.9. The number of aromatic nitrogens is 2. The number of nitrogens with one attached hydrogen (secondary N) is 2. The van der Waals surface area contributed by atoms with Crippen molar-refractivity contribution in [2.75, 3.05) is 27.3 Å². The number of allylic oxidation sites excluding steroid dienone is 1. The fourth-order valence-corrected chi connectivity index (χ4v) is 9.52. The Balaban J connectivity index is 1.15. The van der Waals surface area contributed by atoms with Gasteiger partial charge in [0.05, 0.1) is 36.9 Å². The van der Waals surface area contributed by atoms with Crippen molar-refractivity contribution in [2.45, 2.75) is 87.8 Å². The highest BCUT2D eigenvalue weighted by atomic mass is 32.2. The topological polar surface area (TPSA) is 169 Å². The molecule has 2 saturated carbocycles. The van der Waals surface area contributed by atoms with Crippen molar-refractivity contribution in [2.24, 2.45) is 5.92 Å². The second-order valence-corrected chi connectivity index (χ2v) is 17.9. The monoisotopic (exact) mass is 822 g/mol. The van der Waals surface area contributed by atoms with E-state index in [2.05, 4.69) is 10.0 Å². The van der Waals surface area contributed by atoms with E-state index in [9.17, 15) is 22.8 Å². The molecule has 4 aliphatic rings. The molecule has 4 unspecified atom stereocenters. The van der Waals surface area contributed by atoms with Crippen LogP contribution >= 0.6 is 0 Å². The lowest BCUT2D eigenvalue weighted by atomic mass is 10.1. The van der Waals surface area contributed by atoms with Crippen molar-refractivity contribution < 1.29 is 37.0 Å². The zero-order valence-corrected chi connectivity index (χ0v) is 34.4. The van der Waals surface area contributed by atoms with Crippen LogP contribution in [0.3, 0.4) is 0 Å². The van der Waals surface area contributed by atoms with Crippen LogP contribution in [-0.4, -0.2) is 96.3 Å². The molecule has 15 heteroatoms. The Kier molecular flexibility index (Phi) is 11.2. The number of carbonyl (C=O) groups is 3. The van der Waals surface area contributed by atoms with E-state index in [1.54, 1.807) is 19.1 Å². The van der Waals surface area contributed by atoms with E-state index in [-0.39, 0.29) is 25.4 Å². The highest BCUT2D eigenvalue weighted by Crippen LogP contribution is 2.46. The van der Waals surface area contributed by atoms with Gasteiger partial charge in [0, 0.05) is 36.6 Å². The lowest BCUT2D eigenvalue weighted by Crippen LogP contribution is -2.57. The van der Waals surface area contributed by atoms with E-state index >= 15 is 0 Å². The molecule has 3 aromatic carbocycles. The summed E-state index contributed by atoms with van der Waals surface area (Å²) < 4.78 is 45.9. The molecule has 1 aromatic heterocycles. The summed E-state index contributed by atoms with van der Waals surface area (Å²) in [5, 5.41) is 2.99. The molecule has 2 aliphatic carbocycles. The minimum Gasteiger partial charge on any atom is -0.497 e. The molecule has 3 heterocycles. The smallest absolute Gasteiger partial charge is 0.321 e. The van der Waals surface area contributed by atoms with E-state index in [1.165, 1.54) is 4.90 Å². The van der Waals surface area contributed by atoms with Crippen molar-refractivity contribution in [3.63, 3.8) is 0 Å². The third kappa shape index (κ3) is 8.43. The first-order chi connectivity index (χ1) is 28.5. The van der Waals surface area contributed by atoms with Gasteiger partial charge in [-0.1, -0.05) is 61.0 Å². The van der Waals surface area contributed by atoms with Crippen LogP contribution in [0.4, 0.5) is 4.79 Å². The number of carbonyl (C=O) groups excluding carboxylic acids is 3. The van der Waals surface area contributed by atoms with Crippen LogP contribution in [0, 0.1) is 12.8 Å². The highest BCUT2D eigenvalue weighted by molar-refractivity contribution is 7.91. The van der Waals surface area contributed by atoms with E-state index in [1.807, 2.05) is 85.8 Å². The third-order valence-electron chi connectivity index (χ3n) is 11.8. The number of amides is 4. The minimum atomic E-state index is -3.88. The molecule has 2 aliphatic heterocycles. The molecule has 1 saturated heterocycles. The first-order valence-electron chi connectivity index (χ1n) is 20.3. The third-order valence-corrected chi connectivity index (χ3v) is 13.6.